The van der Waals surface area contributed by atoms with Crippen LogP contribution >= 0.6 is 11.3 Å². The molecule has 3 aromatic heterocycles. The first-order valence-electron chi connectivity index (χ1n) is 6.54. The summed E-state index contributed by atoms with van der Waals surface area (Å²) in [6.07, 6.45) is 0. The molecule has 22 heavy (non-hydrogen) atoms. The SMILES string of the molecule is Cc1cc(=O)n2nc(COC(=O)c3cc(C)oc3C)sc2n1. The number of carbonyl (C=O) groups excluding carboxylic acids is 1. The first-order chi connectivity index (χ1) is 10.4. The number of nitrogens with zero attached hydrogens (tertiary/aromatic N) is 3. The van der Waals surface area contributed by atoms with Crippen LogP contribution < -0.4 is 5.56 Å². The van der Waals surface area contributed by atoms with E-state index in [-0.39, 0.29) is 12.2 Å². The molecule has 0 amide bonds. The molecule has 7 nitrogen and oxygen atoms in total. The third-order valence-electron chi connectivity index (χ3n) is 3.00. The van der Waals surface area contributed by atoms with Crippen molar-refractivity contribution in [2.24, 2.45) is 0 Å². The van der Waals surface area contributed by atoms with Crippen LogP contribution in [0.15, 0.2) is 21.3 Å². The van der Waals surface area contributed by atoms with Gasteiger partial charge < -0.3 is 9.15 Å². The maximum atomic E-state index is 12.0. The second-order valence-electron chi connectivity index (χ2n) is 4.83. The van der Waals surface area contributed by atoms with Gasteiger partial charge in [0.25, 0.3) is 5.56 Å². The molecule has 0 bridgehead atoms. The Kier molecular flexibility index (Phi) is 3.53. The van der Waals surface area contributed by atoms with Crippen LogP contribution in [-0.4, -0.2) is 20.6 Å². The average molecular weight is 319 g/mol. The van der Waals surface area contributed by atoms with Gasteiger partial charge in [0, 0.05) is 11.8 Å². The minimum Gasteiger partial charge on any atom is -0.466 e. The summed E-state index contributed by atoms with van der Waals surface area (Å²) in [6.45, 7) is 5.19. The topological polar surface area (TPSA) is 86.7 Å². The van der Waals surface area contributed by atoms with Crippen molar-refractivity contribution >= 4 is 22.3 Å². The van der Waals surface area contributed by atoms with Gasteiger partial charge in [0.15, 0.2) is 5.01 Å². The lowest BCUT2D eigenvalue weighted by Crippen LogP contribution is -2.14. The van der Waals surface area contributed by atoms with E-state index >= 15 is 0 Å². The van der Waals surface area contributed by atoms with Gasteiger partial charge in [0.1, 0.15) is 23.7 Å². The molecule has 3 aromatic rings. The first-order valence-corrected chi connectivity index (χ1v) is 7.36. The number of carbonyl (C=O) groups is 1. The summed E-state index contributed by atoms with van der Waals surface area (Å²) in [5.74, 6) is 0.682. The van der Waals surface area contributed by atoms with Crippen molar-refractivity contribution in [3.8, 4) is 0 Å². The number of ether oxygens (including phenoxy) is 1. The number of fused-ring (bicyclic) bond motifs is 1. The second kappa shape index (κ2) is 5.38. The van der Waals surface area contributed by atoms with E-state index in [4.69, 9.17) is 9.15 Å². The molecule has 0 unspecified atom stereocenters. The Bertz CT molecular complexity index is 922. The molecule has 0 aliphatic carbocycles. The van der Waals surface area contributed by atoms with Crippen molar-refractivity contribution in [3.63, 3.8) is 0 Å². The van der Waals surface area contributed by atoms with Gasteiger partial charge in [0.05, 0.1) is 0 Å². The summed E-state index contributed by atoms with van der Waals surface area (Å²) in [6, 6.07) is 3.03. The zero-order valence-corrected chi connectivity index (χ0v) is 13.1. The number of esters is 1. The summed E-state index contributed by atoms with van der Waals surface area (Å²) in [7, 11) is 0. The number of hydrogen-bond acceptors (Lipinski definition) is 7. The third kappa shape index (κ3) is 2.64. The smallest absolute Gasteiger partial charge is 0.342 e. The molecule has 3 rings (SSSR count). The molecule has 0 saturated heterocycles. The molecular formula is C14H13N3O4S. The van der Waals surface area contributed by atoms with Crippen LogP contribution in [0.3, 0.4) is 0 Å². The predicted molar refractivity (Wildman–Crippen MR) is 79.2 cm³/mol. The molecule has 0 saturated carbocycles. The Morgan fingerprint density at radius 1 is 1.36 bits per heavy atom. The van der Waals surface area contributed by atoms with Gasteiger partial charge in [-0.15, -0.1) is 0 Å². The highest BCUT2D eigenvalue weighted by Gasteiger charge is 2.16. The third-order valence-corrected chi connectivity index (χ3v) is 3.88. The minimum atomic E-state index is -0.481. The molecule has 0 aliphatic heterocycles. The number of rotatable bonds is 3. The number of aromatic nitrogens is 3. The largest absolute Gasteiger partial charge is 0.466 e. The van der Waals surface area contributed by atoms with Crippen molar-refractivity contribution < 1.29 is 13.9 Å². The van der Waals surface area contributed by atoms with Crippen molar-refractivity contribution in [1.29, 1.82) is 0 Å². The van der Waals surface area contributed by atoms with E-state index in [9.17, 15) is 9.59 Å². The maximum Gasteiger partial charge on any atom is 0.342 e. The lowest BCUT2D eigenvalue weighted by Gasteiger charge is -2.00. The first kappa shape index (κ1) is 14.5. The van der Waals surface area contributed by atoms with Crippen molar-refractivity contribution in [2.45, 2.75) is 27.4 Å². The standard InChI is InChI=1S/C14H13N3O4S/c1-7-4-12(18)17-14(15-7)22-11(16-17)6-20-13(19)10-5-8(2)21-9(10)3/h4-5H,6H2,1-3H3. The van der Waals surface area contributed by atoms with E-state index in [1.54, 1.807) is 26.8 Å². The van der Waals surface area contributed by atoms with Crippen LogP contribution in [-0.2, 0) is 11.3 Å². The van der Waals surface area contributed by atoms with Gasteiger partial charge in [-0.1, -0.05) is 11.3 Å². The molecule has 8 heteroatoms. The maximum absolute atomic E-state index is 12.0. The normalized spacial score (nSPS) is 11.0. The van der Waals surface area contributed by atoms with E-state index in [0.717, 1.165) is 0 Å². The Labute approximate surface area is 129 Å². The fourth-order valence-corrected chi connectivity index (χ4v) is 2.91. The van der Waals surface area contributed by atoms with Gasteiger partial charge >= 0.3 is 5.97 Å². The van der Waals surface area contributed by atoms with Crippen LogP contribution in [0.4, 0.5) is 0 Å². The highest BCUT2D eigenvalue weighted by atomic mass is 32.1. The Balaban J connectivity index is 1.79. The van der Waals surface area contributed by atoms with Gasteiger partial charge in [-0.2, -0.15) is 9.61 Å². The van der Waals surface area contributed by atoms with Gasteiger partial charge in [0.2, 0.25) is 4.96 Å². The number of furan rings is 1. The van der Waals surface area contributed by atoms with E-state index in [1.165, 1.54) is 21.9 Å². The minimum absolute atomic E-state index is 0.0188. The molecule has 0 N–H and O–H groups in total. The van der Waals surface area contributed by atoms with Crippen LogP contribution in [0.25, 0.3) is 4.96 Å². The fourth-order valence-electron chi connectivity index (χ4n) is 2.06. The summed E-state index contributed by atoms with van der Waals surface area (Å²) in [4.78, 5) is 28.5. The molecule has 3 heterocycles. The summed E-state index contributed by atoms with van der Waals surface area (Å²) < 4.78 is 11.7. The Morgan fingerprint density at radius 3 is 2.82 bits per heavy atom. The molecule has 0 spiro atoms. The molecule has 0 atom stereocenters. The highest BCUT2D eigenvalue weighted by molar-refractivity contribution is 7.16. The van der Waals surface area contributed by atoms with Crippen LogP contribution in [0.5, 0.6) is 0 Å². The van der Waals surface area contributed by atoms with Crippen molar-refractivity contribution in [3.05, 3.63) is 50.3 Å². The average Bonchev–Trinajstić information content (AvgIpc) is 2.99. The quantitative estimate of drug-likeness (QED) is 0.687. The summed E-state index contributed by atoms with van der Waals surface area (Å²) in [5, 5.41) is 4.61. The van der Waals surface area contributed by atoms with E-state index in [0.29, 0.717) is 32.7 Å². The summed E-state index contributed by atoms with van der Waals surface area (Å²) in [5.41, 5.74) is 0.768. The van der Waals surface area contributed by atoms with Gasteiger partial charge in [-0.25, -0.2) is 9.78 Å². The molecule has 0 aliphatic rings. The Morgan fingerprint density at radius 2 is 2.14 bits per heavy atom. The molecule has 114 valence electrons. The zero-order chi connectivity index (χ0) is 15.9. The second-order valence-corrected chi connectivity index (χ2v) is 5.87. The number of aryl methyl sites for hydroxylation is 3. The fraction of sp³-hybridized carbons (Fsp3) is 0.286. The molecular weight excluding hydrogens is 306 g/mol. The van der Waals surface area contributed by atoms with Crippen molar-refractivity contribution in [2.75, 3.05) is 0 Å². The molecule has 0 radical (unpaired) electrons. The summed E-state index contributed by atoms with van der Waals surface area (Å²) >= 11 is 1.21. The van der Waals surface area contributed by atoms with Gasteiger partial charge in [-0.3, -0.25) is 4.79 Å². The van der Waals surface area contributed by atoms with Crippen LogP contribution in [0.1, 0.15) is 32.6 Å². The molecule has 0 aromatic carbocycles. The lowest BCUT2D eigenvalue weighted by atomic mass is 10.2. The van der Waals surface area contributed by atoms with Crippen LogP contribution in [0.2, 0.25) is 0 Å². The number of hydrogen-bond donors (Lipinski definition) is 0. The monoisotopic (exact) mass is 319 g/mol. The van der Waals surface area contributed by atoms with E-state index in [1.807, 2.05) is 0 Å². The van der Waals surface area contributed by atoms with Gasteiger partial charge in [-0.05, 0) is 26.8 Å². The zero-order valence-electron chi connectivity index (χ0n) is 12.2. The lowest BCUT2D eigenvalue weighted by molar-refractivity contribution is 0.0469. The van der Waals surface area contributed by atoms with E-state index < -0.39 is 5.97 Å². The highest BCUT2D eigenvalue weighted by Crippen LogP contribution is 2.17. The predicted octanol–water partition coefficient (Wildman–Crippen LogP) is 2.03. The van der Waals surface area contributed by atoms with Crippen LogP contribution in [0, 0.1) is 20.8 Å². The Hall–Kier alpha value is -2.48. The van der Waals surface area contributed by atoms with E-state index in [2.05, 4.69) is 10.1 Å². The molecule has 0 fully saturated rings. The van der Waals surface area contributed by atoms with Crippen molar-refractivity contribution in [1.82, 2.24) is 14.6 Å².